The molecule has 0 rings (SSSR count). The second-order valence-electron chi connectivity index (χ2n) is 22.4. The van der Waals surface area contributed by atoms with Crippen LogP contribution in [0.3, 0.4) is 0 Å². The van der Waals surface area contributed by atoms with E-state index in [1.807, 2.05) is 27.2 Å². The summed E-state index contributed by atoms with van der Waals surface area (Å²) in [5.74, 6) is -0.199. The van der Waals surface area contributed by atoms with E-state index in [9.17, 15) is 19.4 Å². The second-order valence-corrected chi connectivity index (χ2v) is 23.8. The third-order valence-electron chi connectivity index (χ3n) is 13.7. The number of carbonyl (C=O) groups excluding carboxylic acids is 1. The second kappa shape index (κ2) is 57.8. The summed E-state index contributed by atoms with van der Waals surface area (Å²) in [6, 6.07) is -0.890. The average molecular weight is 1090 g/mol. The average Bonchev–Trinajstić information content (AvgIpc) is 3.39. The largest absolute Gasteiger partial charge is 0.756 e. The number of amides is 1. The predicted octanol–water partition coefficient (Wildman–Crippen LogP) is 19.3. The van der Waals surface area contributed by atoms with Gasteiger partial charge in [-0.1, -0.05) is 284 Å². The number of likely N-dealkylation sites (N-methyl/N-ethyl adjacent to an activating group) is 1. The van der Waals surface area contributed by atoms with Crippen molar-refractivity contribution < 1.29 is 32.9 Å². The topological polar surface area (TPSA) is 108 Å². The summed E-state index contributed by atoms with van der Waals surface area (Å²) in [5, 5.41) is 13.9. The van der Waals surface area contributed by atoms with Gasteiger partial charge in [-0.15, -0.1) is 0 Å². The first kappa shape index (κ1) is 74.2. The van der Waals surface area contributed by atoms with Crippen LogP contribution in [0, 0.1) is 0 Å². The summed E-state index contributed by atoms with van der Waals surface area (Å²) < 4.78 is 23.3. The van der Waals surface area contributed by atoms with Crippen molar-refractivity contribution in [1.29, 1.82) is 0 Å². The molecule has 444 valence electrons. The van der Waals surface area contributed by atoms with Gasteiger partial charge in [0.15, 0.2) is 0 Å². The van der Waals surface area contributed by atoms with Crippen LogP contribution in [0.5, 0.6) is 0 Å². The van der Waals surface area contributed by atoms with Gasteiger partial charge in [-0.05, 0) is 83.5 Å². The zero-order valence-corrected chi connectivity index (χ0v) is 51.5. The number of hydrogen-bond donors (Lipinski definition) is 2. The molecule has 2 N–H and O–H groups in total. The van der Waals surface area contributed by atoms with Gasteiger partial charge in [0, 0.05) is 6.42 Å². The van der Waals surface area contributed by atoms with Gasteiger partial charge < -0.3 is 28.8 Å². The number of quaternary nitrogens is 1. The van der Waals surface area contributed by atoms with Crippen molar-refractivity contribution in [2.45, 2.75) is 276 Å². The highest BCUT2D eigenvalue weighted by molar-refractivity contribution is 7.45. The highest BCUT2D eigenvalue weighted by Gasteiger charge is 2.23. The summed E-state index contributed by atoms with van der Waals surface area (Å²) in [6.45, 7) is 4.53. The Kier molecular flexibility index (Phi) is 55.7. The van der Waals surface area contributed by atoms with Crippen LogP contribution in [0.1, 0.15) is 264 Å². The van der Waals surface area contributed by atoms with Gasteiger partial charge in [-0.3, -0.25) is 9.36 Å². The Balaban J connectivity index is 3.99. The van der Waals surface area contributed by atoms with E-state index in [2.05, 4.69) is 116 Å². The van der Waals surface area contributed by atoms with Crippen molar-refractivity contribution in [3.05, 3.63) is 109 Å². The molecule has 3 atom stereocenters. The fourth-order valence-corrected chi connectivity index (χ4v) is 9.54. The van der Waals surface area contributed by atoms with E-state index < -0.39 is 20.0 Å². The molecule has 1 amide bonds. The molecule has 0 aromatic rings. The number of carbonyl (C=O) groups is 1. The van der Waals surface area contributed by atoms with Crippen LogP contribution in [0.25, 0.3) is 0 Å². The Morgan fingerprint density at radius 3 is 1.16 bits per heavy atom. The number of hydrogen-bond acceptors (Lipinski definition) is 6. The van der Waals surface area contributed by atoms with Crippen molar-refractivity contribution in [3.8, 4) is 0 Å². The fraction of sp³-hybridized carbons (Fsp3) is 0.721. The maximum absolute atomic E-state index is 13.0. The molecule has 0 spiro atoms. The van der Waals surface area contributed by atoms with Crippen LogP contribution in [-0.4, -0.2) is 68.5 Å². The van der Waals surface area contributed by atoms with Gasteiger partial charge in [0.1, 0.15) is 13.2 Å². The van der Waals surface area contributed by atoms with Gasteiger partial charge in [0.25, 0.3) is 7.82 Å². The van der Waals surface area contributed by atoms with Crippen molar-refractivity contribution >= 4 is 13.7 Å². The molecule has 0 radical (unpaired) electrons. The summed E-state index contributed by atoms with van der Waals surface area (Å²) in [6.07, 6.45) is 84.7. The molecular formula is C68H121N2O6P. The fourth-order valence-electron chi connectivity index (χ4n) is 8.82. The molecule has 0 saturated heterocycles. The van der Waals surface area contributed by atoms with Gasteiger partial charge in [0.05, 0.1) is 39.9 Å². The molecule has 0 saturated carbocycles. The van der Waals surface area contributed by atoms with Crippen LogP contribution in [0.15, 0.2) is 109 Å². The Hall–Kier alpha value is -2.84. The standard InChI is InChI=1S/C68H121N2O6P/c1-6-8-10-12-14-16-18-20-22-23-24-25-26-27-28-29-30-31-32-33-34-35-36-37-38-39-40-41-42-43-44-45-46-47-48-50-52-54-56-58-60-62-68(72)69-66(65-76-77(73,74)75-64-63-70(3,4)5)67(71)61-59-57-55-53-51-49-21-19-17-15-13-11-9-7-2/h8,10,14,16,20,22,24-25,27-28,30-31,33-34,36-37,59,61,66-67,71H,6-7,9,11-13,15,17-19,21,23,26,29,32,35,38-58,60,62-65H2,1-5H3,(H-,69,72,73,74)/b10-8-,16-14-,22-20-,25-24-,28-27-,31-30-,34-33-,37-36-,61-59+. The first-order valence-corrected chi connectivity index (χ1v) is 33.2. The summed E-state index contributed by atoms with van der Waals surface area (Å²) >= 11 is 0. The molecular weight excluding hydrogens is 972 g/mol. The SMILES string of the molecule is CC/C=C\C/C=C\C/C=C\C/C=C\C/C=C\C/C=C\C/C=C\C/C=C\CCCCCCCCCCCCCCCCCCC(=O)NC(COP(=O)([O-])OCC[N+](C)(C)C)C(O)/C=C/CCCCCCCCCCCCCC. The summed E-state index contributed by atoms with van der Waals surface area (Å²) in [4.78, 5) is 25.5. The van der Waals surface area contributed by atoms with E-state index >= 15 is 0 Å². The number of aliphatic hydroxyl groups excluding tert-OH is 1. The van der Waals surface area contributed by atoms with Crippen LogP contribution < -0.4 is 10.2 Å². The molecule has 0 heterocycles. The lowest BCUT2D eigenvalue weighted by Crippen LogP contribution is -2.45. The van der Waals surface area contributed by atoms with Crippen LogP contribution >= 0.6 is 7.82 Å². The number of unbranched alkanes of at least 4 members (excludes halogenated alkanes) is 28. The first-order valence-electron chi connectivity index (χ1n) is 31.7. The number of nitrogens with one attached hydrogen (secondary N) is 1. The quantitative estimate of drug-likeness (QED) is 0.0272. The maximum Gasteiger partial charge on any atom is 0.268 e. The highest BCUT2D eigenvalue weighted by Crippen LogP contribution is 2.38. The van der Waals surface area contributed by atoms with E-state index in [-0.39, 0.29) is 19.1 Å². The van der Waals surface area contributed by atoms with Crippen molar-refractivity contribution in [2.24, 2.45) is 0 Å². The minimum atomic E-state index is -4.60. The van der Waals surface area contributed by atoms with E-state index in [1.165, 1.54) is 154 Å². The van der Waals surface area contributed by atoms with Crippen molar-refractivity contribution in [1.82, 2.24) is 5.32 Å². The maximum atomic E-state index is 13.0. The monoisotopic (exact) mass is 1090 g/mol. The van der Waals surface area contributed by atoms with Crippen LogP contribution in [-0.2, 0) is 18.4 Å². The molecule has 0 aromatic heterocycles. The Morgan fingerprint density at radius 2 is 0.792 bits per heavy atom. The number of nitrogens with zero attached hydrogens (tertiary/aromatic N) is 1. The normalized spacial score (nSPS) is 14.5. The van der Waals surface area contributed by atoms with Crippen LogP contribution in [0.4, 0.5) is 0 Å². The molecule has 0 aliphatic carbocycles. The summed E-state index contributed by atoms with van der Waals surface area (Å²) in [7, 11) is 1.26. The Morgan fingerprint density at radius 1 is 0.468 bits per heavy atom. The van der Waals surface area contributed by atoms with Crippen LogP contribution in [0.2, 0.25) is 0 Å². The lowest BCUT2D eigenvalue weighted by molar-refractivity contribution is -0.870. The number of aliphatic hydroxyl groups is 1. The summed E-state index contributed by atoms with van der Waals surface area (Å²) in [5.41, 5.74) is 0. The van der Waals surface area contributed by atoms with Crippen molar-refractivity contribution in [3.63, 3.8) is 0 Å². The molecule has 8 nitrogen and oxygen atoms in total. The molecule has 0 fully saturated rings. The molecule has 77 heavy (non-hydrogen) atoms. The number of phosphoric acid groups is 1. The number of rotatable bonds is 57. The van der Waals surface area contributed by atoms with Gasteiger partial charge in [-0.25, -0.2) is 0 Å². The van der Waals surface area contributed by atoms with Gasteiger partial charge >= 0.3 is 0 Å². The molecule has 0 aliphatic heterocycles. The third-order valence-corrected chi connectivity index (χ3v) is 14.7. The van der Waals surface area contributed by atoms with E-state index in [0.29, 0.717) is 17.4 Å². The minimum Gasteiger partial charge on any atom is -0.756 e. The van der Waals surface area contributed by atoms with E-state index in [0.717, 1.165) is 89.9 Å². The lowest BCUT2D eigenvalue weighted by atomic mass is 10.0. The zero-order chi connectivity index (χ0) is 56.3. The predicted molar refractivity (Wildman–Crippen MR) is 334 cm³/mol. The van der Waals surface area contributed by atoms with E-state index in [4.69, 9.17) is 9.05 Å². The lowest BCUT2D eigenvalue weighted by Gasteiger charge is -2.29. The smallest absolute Gasteiger partial charge is 0.268 e. The number of phosphoric ester groups is 1. The minimum absolute atomic E-state index is 0.00355. The first-order chi connectivity index (χ1) is 37.5. The molecule has 9 heteroatoms. The Bertz CT molecular complexity index is 1620. The third kappa shape index (κ3) is 60.6. The highest BCUT2D eigenvalue weighted by atomic mass is 31.2. The van der Waals surface area contributed by atoms with E-state index in [1.54, 1.807) is 6.08 Å². The zero-order valence-electron chi connectivity index (χ0n) is 50.6. The Labute approximate surface area is 476 Å². The van der Waals surface area contributed by atoms with Crippen molar-refractivity contribution in [2.75, 3.05) is 40.9 Å². The van der Waals surface area contributed by atoms with Gasteiger partial charge in [-0.2, -0.15) is 0 Å². The molecule has 3 unspecified atom stereocenters. The van der Waals surface area contributed by atoms with Gasteiger partial charge in [0.2, 0.25) is 5.91 Å². The molecule has 0 aromatic carbocycles. The molecule has 0 aliphatic rings. The molecule has 0 bridgehead atoms. The number of allylic oxidation sites excluding steroid dienone is 17.